The van der Waals surface area contributed by atoms with E-state index in [2.05, 4.69) is 6.58 Å². The molecule has 0 radical (unpaired) electrons. The minimum atomic E-state index is -1.64. The lowest BCUT2D eigenvalue weighted by Crippen LogP contribution is -2.26. The first-order valence-electron chi connectivity index (χ1n) is 8.52. The molecular formula is C21H20F4O4. The van der Waals surface area contributed by atoms with Crippen molar-refractivity contribution in [3.05, 3.63) is 59.7 Å². The number of aliphatic hydroxyl groups excluding tert-OH is 1. The lowest BCUT2D eigenvalue weighted by atomic mass is 9.97. The molecular weight excluding hydrogens is 392 g/mol. The Morgan fingerprint density at radius 2 is 1.62 bits per heavy atom. The summed E-state index contributed by atoms with van der Waals surface area (Å²) in [7, 11) is 0. The van der Waals surface area contributed by atoms with Gasteiger partial charge >= 0.3 is 5.97 Å². The first-order chi connectivity index (χ1) is 13.3. The van der Waals surface area contributed by atoms with Gasteiger partial charge in [-0.15, -0.1) is 0 Å². The normalized spacial score (nSPS) is 12.4. The summed E-state index contributed by atoms with van der Waals surface area (Å²) in [5.74, 6) is -7.69. The standard InChI is InChI=1S/C21H20F4O4/c1-10(2)19(26)29-18-13(22)8-11(9-14(18)23)12-6-7-15(17(25)16(12)24)28-20(27)21(3,4)5/h6-9,19,26H,1H2,2-5H3. The Hall–Kier alpha value is -2.87. The van der Waals surface area contributed by atoms with Gasteiger partial charge in [0.2, 0.25) is 12.1 Å². The molecule has 0 saturated heterocycles. The second kappa shape index (κ2) is 8.24. The molecule has 8 heteroatoms. The van der Waals surface area contributed by atoms with Crippen LogP contribution < -0.4 is 9.47 Å². The SMILES string of the molecule is C=C(C)C(O)Oc1c(F)cc(-c2ccc(OC(=O)C(C)(C)C)c(F)c2F)cc1F. The summed E-state index contributed by atoms with van der Waals surface area (Å²) in [6, 6.07) is 3.47. The zero-order valence-corrected chi connectivity index (χ0v) is 16.3. The van der Waals surface area contributed by atoms with Crippen LogP contribution in [0, 0.1) is 28.7 Å². The van der Waals surface area contributed by atoms with Gasteiger partial charge in [-0.3, -0.25) is 4.79 Å². The molecule has 1 unspecified atom stereocenters. The molecule has 0 heterocycles. The van der Waals surface area contributed by atoms with Gasteiger partial charge in [-0.2, -0.15) is 4.39 Å². The fraction of sp³-hybridized carbons (Fsp3) is 0.286. The maximum atomic E-state index is 14.5. The third kappa shape index (κ3) is 4.95. The first kappa shape index (κ1) is 22.4. The number of benzene rings is 2. The quantitative estimate of drug-likeness (QED) is 0.243. The molecule has 29 heavy (non-hydrogen) atoms. The lowest BCUT2D eigenvalue weighted by molar-refractivity contribution is -0.143. The highest BCUT2D eigenvalue weighted by Crippen LogP contribution is 2.34. The van der Waals surface area contributed by atoms with E-state index in [0.29, 0.717) is 0 Å². The summed E-state index contributed by atoms with van der Waals surface area (Å²) in [5, 5.41) is 9.55. The average molecular weight is 412 g/mol. The lowest BCUT2D eigenvalue weighted by Gasteiger charge is -2.17. The Balaban J connectivity index is 2.42. The first-order valence-corrected chi connectivity index (χ1v) is 8.52. The average Bonchev–Trinajstić information content (AvgIpc) is 2.60. The second-order valence-electron chi connectivity index (χ2n) is 7.46. The molecule has 2 aromatic rings. The predicted octanol–water partition coefficient (Wildman–Crippen LogP) is 5.13. The summed E-state index contributed by atoms with van der Waals surface area (Å²) >= 11 is 0. The van der Waals surface area contributed by atoms with Gasteiger partial charge in [0.05, 0.1) is 5.41 Å². The van der Waals surface area contributed by atoms with Crippen LogP contribution in [0.25, 0.3) is 11.1 Å². The zero-order valence-electron chi connectivity index (χ0n) is 16.3. The highest BCUT2D eigenvalue weighted by atomic mass is 19.2. The van der Waals surface area contributed by atoms with E-state index >= 15 is 0 Å². The van der Waals surface area contributed by atoms with Crippen LogP contribution in [-0.2, 0) is 4.79 Å². The number of hydrogen-bond acceptors (Lipinski definition) is 4. The van der Waals surface area contributed by atoms with Crippen LogP contribution >= 0.6 is 0 Å². The molecule has 2 aromatic carbocycles. The topological polar surface area (TPSA) is 55.8 Å². The molecule has 0 spiro atoms. The third-order valence-electron chi connectivity index (χ3n) is 3.82. The van der Waals surface area contributed by atoms with Crippen LogP contribution in [0.15, 0.2) is 36.4 Å². The van der Waals surface area contributed by atoms with Crippen molar-refractivity contribution in [1.82, 2.24) is 0 Å². The van der Waals surface area contributed by atoms with Crippen molar-refractivity contribution in [2.24, 2.45) is 5.41 Å². The molecule has 0 amide bonds. The maximum absolute atomic E-state index is 14.5. The van der Waals surface area contributed by atoms with Gasteiger partial charge in [-0.1, -0.05) is 6.58 Å². The highest BCUT2D eigenvalue weighted by Gasteiger charge is 2.27. The van der Waals surface area contributed by atoms with Gasteiger partial charge < -0.3 is 14.6 Å². The molecule has 0 aliphatic heterocycles. The van der Waals surface area contributed by atoms with Crippen molar-refractivity contribution >= 4 is 5.97 Å². The number of aliphatic hydroxyl groups is 1. The van der Waals surface area contributed by atoms with Gasteiger partial charge in [0.15, 0.2) is 29.0 Å². The van der Waals surface area contributed by atoms with Crippen LogP contribution in [0.1, 0.15) is 27.7 Å². The molecule has 0 saturated carbocycles. The summed E-state index contributed by atoms with van der Waals surface area (Å²) in [5.41, 5.74) is -1.61. The van der Waals surface area contributed by atoms with Crippen molar-refractivity contribution in [1.29, 1.82) is 0 Å². The molecule has 2 rings (SSSR count). The van der Waals surface area contributed by atoms with Crippen molar-refractivity contribution in [3.63, 3.8) is 0 Å². The molecule has 0 aliphatic rings. The van der Waals surface area contributed by atoms with E-state index in [1.165, 1.54) is 27.7 Å². The van der Waals surface area contributed by atoms with Crippen LogP contribution in [-0.4, -0.2) is 17.4 Å². The summed E-state index contributed by atoms with van der Waals surface area (Å²) < 4.78 is 66.9. The largest absolute Gasteiger partial charge is 0.455 e. The van der Waals surface area contributed by atoms with E-state index in [1.54, 1.807) is 0 Å². The molecule has 0 fully saturated rings. The van der Waals surface area contributed by atoms with Gasteiger partial charge in [0.25, 0.3) is 0 Å². The van der Waals surface area contributed by atoms with E-state index in [1.807, 2.05) is 0 Å². The summed E-state index contributed by atoms with van der Waals surface area (Å²) in [6.07, 6.45) is -1.64. The van der Waals surface area contributed by atoms with Crippen LogP contribution in [0.4, 0.5) is 17.6 Å². The second-order valence-corrected chi connectivity index (χ2v) is 7.46. The van der Waals surface area contributed by atoms with Crippen molar-refractivity contribution in [2.75, 3.05) is 0 Å². The van der Waals surface area contributed by atoms with E-state index < -0.39 is 58.0 Å². The minimum Gasteiger partial charge on any atom is -0.455 e. The van der Waals surface area contributed by atoms with Crippen LogP contribution in [0.5, 0.6) is 11.5 Å². The zero-order chi connectivity index (χ0) is 22.1. The maximum Gasteiger partial charge on any atom is 0.316 e. The monoisotopic (exact) mass is 412 g/mol. The third-order valence-corrected chi connectivity index (χ3v) is 3.82. The number of carbonyl (C=O) groups is 1. The van der Waals surface area contributed by atoms with Gasteiger partial charge in [-0.05, 0) is 63.1 Å². The molecule has 1 N–H and O–H groups in total. The smallest absolute Gasteiger partial charge is 0.316 e. The molecule has 0 aromatic heterocycles. The number of ether oxygens (including phenoxy) is 2. The highest BCUT2D eigenvalue weighted by molar-refractivity contribution is 5.78. The van der Waals surface area contributed by atoms with E-state index in [-0.39, 0.29) is 11.1 Å². The number of rotatable bonds is 5. The summed E-state index contributed by atoms with van der Waals surface area (Å²) in [4.78, 5) is 11.9. The van der Waals surface area contributed by atoms with E-state index in [9.17, 15) is 27.5 Å². The molecule has 0 bridgehead atoms. The Morgan fingerprint density at radius 3 is 2.10 bits per heavy atom. The number of halogens is 4. The number of esters is 1. The predicted molar refractivity (Wildman–Crippen MR) is 98.2 cm³/mol. The van der Waals surface area contributed by atoms with Crippen molar-refractivity contribution < 1.29 is 36.9 Å². The van der Waals surface area contributed by atoms with Crippen LogP contribution in [0.3, 0.4) is 0 Å². The van der Waals surface area contributed by atoms with Crippen LogP contribution in [0.2, 0.25) is 0 Å². The van der Waals surface area contributed by atoms with Crippen molar-refractivity contribution in [3.8, 4) is 22.6 Å². The summed E-state index contributed by atoms with van der Waals surface area (Å²) in [6.45, 7) is 9.40. The molecule has 1 atom stereocenters. The molecule has 4 nitrogen and oxygen atoms in total. The van der Waals surface area contributed by atoms with Gasteiger partial charge in [0.1, 0.15) is 0 Å². The Morgan fingerprint density at radius 1 is 1.07 bits per heavy atom. The van der Waals surface area contributed by atoms with E-state index in [4.69, 9.17) is 9.47 Å². The Labute approximate surface area is 165 Å². The number of carbonyl (C=O) groups excluding carboxylic acids is 1. The Kier molecular flexibility index (Phi) is 6.37. The van der Waals surface area contributed by atoms with Gasteiger partial charge in [-0.25, -0.2) is 13.2 Å². The van der Waals surface area contributed by atoms with Gasteiger partial charge in [0, 0.05) is 5.56 Å². The minimum absolute atomic E-state index is 0.112. The molecule has 156 valence electrons. The van der Waals surface area contributed by atoms with Crippen molar-refractivity contribution in [2.45, 2.75) is 34.0 Å². The fourth-order valence-corrected chi connectivity index (χ4v) is 2.13. The number of hydrogen-bond donors (Lipinski definition) is 1. The fourth-order valence-electron chi connectivity index (χ4n) is 2.13. The van der Waals surface area contributed by atoms with E-state index in [0.717, 1.165) is 24.3 Å². The molecule has 0 aliphatic carbocycles. The Bertz CT molecular complexity index is 941.